The highest BCUT2D eigenvalue weighted by molar-refractivity contribution is 9.10. The first-order valence-electron chi connectivity index (χ1n) is 7.27. The predicted molar refractivity (Wildman–Crippen MR) is 89.7 cm³/mol. The van der Waals surface area contributed by atoms with Gasteiger partial charge in [0.25, 0.3) is 0 Å². The number of hydrogen-bond donors (Lipinski definition) is 1. The van der Waals surface area contributed by atoms with E-state index in [1.165, 1.54) is 0 Å². The van der Waals surface area contributed by atoms with Gasteiger partial charge in [-0.25, -0.2) is 9.97 Å². The van der Waals surface area contributed by atoms with Gasteiger partial charge in [-0.2, -0.15) is 0 Å². The second-order valence-electron chi connectivity index (χ2n) is 5.46. The number of hydrogen-bond acceptors (Lipinski definition) is 5. The number of anilines is 1. The first-order chi connectivity index (χ1) is 10.2. The van der Waals surface area contributed by atoms with Gasteiger partial charge < -0.3 is 10.2 Å². The molecule has 1 aliphatic heterocycles. The van der Waals surface area contributed by atoms with E-state index in [1.54, 1.807) is 6.33 Å². The van der Waals surface area contributed by atoms with Crippen molar-refractivity contribution in [2.75, 3.05) is 51.6 Å². The third-order valence-corrected chi connectivity index (χ3v) is 4.41. The summed E-state index contributed by atoms with van der Waals surface area (Å²) in [4.78, 5) is 13.5. The van der Waals surface area contributed by atoms with Crippen molar-refractivity contribution in [1.29, 1.82) is 0 Å². The van der Waals surface area contributed by atoms with Gasteiger partial charge in [-0.1, -0.05) is 15.9 Å². The van der Waals surface area contributed by atoms with Crippen LogP contribution in [-0.4, -0.2) is 66.1 Å². The minimum atomic E-state index is 0.905. The second-order valence-corrected chi connectivity index (χ2v) is 6.37. The molecular weight excluding hydrogens is 330 g/mol. The number of aromatic nitrogens is 2. The fourth-order valence-electron chi connectivity index (χ4n) is 2.57. The van der Waals surface area contributed by atoms with E-state index >= 15 is 0 Å². The molecule has 2 heterocycles. The number of nitrogens with zero attached hydrogens (tertiary/aromatic N) is 4. The normalized spacial score (nSPS) is 17.2. The van der Waals surface area contributed by atoms with Gasteiger partial charge in [0.1, 0.15) is 12.1 Å². The van der Waals surface area contributed by atoms with Gasteiger partial charge in [-0.15, -0.1) is 0 Å². The Kier molecular flexibility index (Phi) is 4.67. The summed E-state index contributed by atoms with van der Waals surface area (Å²) >= 11 is 3.51. The Morgan fingerprint density at radius 2 is 2.00 bits per heavy atom. The van der Waals surface area contributed by atoms with Crippen LogP contribution in [0, 0.1) is 0 Å². The number of rotatable bonds is 4. The quantitative estimate of drug-likeness (QED) is 0.915. The predicted octanol–water partition coefficient (Wildman–Crippen LogP) is 2.05. The molecule has 1 aliphatic rings. The zero-order valence-electron chi connectivity index (χ0n) is 12.2. The second kappa shape index (κ2) is 6.68. The molecule has 0 radical (unpaired) electrons. The molecule has 1 aromatic heterocycles. The Labute approximate surface area is 133 Å². The van der Waals surface area contributed by atoms with E-state index in [-0.39, 0.29) is 0 Å². The number of piperazine rings is 1. The van der Waals surface area contributed by atoms with Crippen LogP contribution in [0.4, 0.5) is 5.82 Å². The van der Waals surface area contributed by atoms with Crippen LogP contribution in [0.25, 0.3) is 10.9 Å². The molecule has 0 aliphatic carbocycles. The minimum Gasteiger partial charge on any atom is -0.368 e. The van der Waals surface area contributed by atoms with Gasteiger partial charge >= 0.3 is 0 Å². The zero-order chi connectivity index (χ0) is 14.7. The molecule has 3 rings (SSSR count). The summed E-state index contributed by atoms with van der Waals surface area (Å²) in [5, 5.41) is 4.51. The van der Waals surface area contributed by atoms with Gasteiger partial charge in [0.15, 0.2) is 0 Å². The SMILES string of the molecule is CN1CCN(CCNc2ncnc3ccc(Br)cc23)CC1. The maximum atomic E-state index is 4.37. The Morgan fingerprint density at radius 1 is 1.19 bits per heavy atom. The molecule has 1 aromatic carbocycles. The highest BCUT2D eigenvalue weighted by Crippen LogP contribution is 2.23. The van der Waals surface area contributed by atoms with Crippen LogP contribution in [-0.2, 0) is 0 Å². The van der Waals surface area contributed by atoms with Crippen molar-refractivity contribution in [3.8, 4) is 0 Å². The third-order valence-electron chi connectivity index (χ3n) is 3.91. The fourth-order valence-corrected chi connectivity index (χ4v) is 2.93. The zero-order valence-corrected chi connectivity index (χ0v) is 13.8. The summed E-state index contributed by atoms with van der Waals surface area (Å²) < 4.78 is 1.05. The number of likely N-dealkylation sites (N-methyl/N-ethyl adjacent to an activating group) is 1. The van der Waals surface area contributed by atoms with Gasteiger partial charge in [0.05, 0.1) is 5.52 Å². The van der Waals surface area contributed by atoms with Gasteiger partial charge in [-0.05, 0) is 25.2 Å². The Bertz CT molecular complexity index is 610. The Balaban J connectivity index is 1.61. The van der Waals surface area contributed by atoms with Gasteiger partial charge in [0, 0.05) is 49.1 Å². The number of benzene rings is 1. The minimum absolute atomic E-state index is 0.905. The van der Waals surface area contributed by atoms with Crippen LogP contribution in [0.3, 0.4) is 0 Å². The van der Waals surface area contributed by atoms with E-state index in [4.69, 9.17) is 0 Å². The van der Waals surface area contributed by atoms with Crippen molar-refractivity contribution >= 4 is 32.7 Å². The Hall–Kier alpha value is -1.24. The average Bonchev–Trinajstić information content (AvgIpc) is 2.50. The molecule has 0 amide bonds. The van der Waals surface area contributed by atoms with E-state index < -0.39 is 0 Å². The summed E-state index contributed by atoms with van der Waals surface area (Å²) in [6.45, 7) is 6.56. The Morgan fingerprint density at radius 3 is 2.81 bits per heavy atom. The van der Waals surface area contributed by atoms with E-state index in [2.05, 4.69) is 54.1 Å². The van der Waals surface area contributed by atoms with Crippen LogP contribution in [0.15, 0.2) is 29.0 Å². The van der Waals surface area contributed by atoms with Crippen LogP contribution < -0.4 is 5.32 Å². The van der Waals surface area contributed by atoms with Crippen LogP contribution >= 0.6 is 15.9 Å². The smallest absolute Gasteiger partial charge is 0.137 e. The molecule has 0 bridgehead atoms. The maximum Gasteiger partial charge on any atom is 0.137 e. The molecule has 112 valence electrons. The molecule has 1 N–H and O–H groups in total. The highest BCUT2D eigenvalue weighted by atomic mass is 79.9. The summed E-state index contributed by atoms with van der Waals surface area (Å²) in [7, 11) is 2.18. The van der Waals surface area contributed by atoms with E-state index in [9.17, 15) is 0 Å². The molecule has 1 fully saturated rings. The molecule has 5 nitrogen and oxygen atoms in total. The summed E-state index contributed by atoms with van der Waals surface area (Å²) in [5.41, 5.74) is 0.968. The molecule has 0 saturated carbocycles. The summed E-state index contributed by atoms with van der Waals surface area (Å²) in [5.74, 6) is 0.912. The highest BCUT2D eigenvalue weighted by Gasteiger charge is 2.13. The van der Waals surface area contributed by atoms with Crippen LogP contribution in [0.5, 0.6) is 0 Å². The molecule has 0 atom stereocenters. The van der Waals surface area contributed by atoms with Crippen molar-refractivity contribution in [1.82, 2.24) is 19.8 Å². The fraction of sp³-hybridized carbons (Fsp3) is 0.467. The molecule has 6 heteroatoms. The number of halogens is 1. The van der Waals surface area contributed by atoms with Gasteiger partial charge in [0.2, 0.25) is 0 Å². The molecule has 21 heavy (non-hydrogen) atoms. The largest absolute Gasteiger partial charge is 0.368 e. The third kappa shape index (κ3) is 3.70. The molecule has 1 saturated heterocycles. The monoisotopic (exact) mass is 349 g/mol. The average molecular weight is 350 g/mol. The van der Waals surface area contributed by atoms with E-state index in [1.807, 2.05) is 12.1 Å². The van der Waals surface area contributed by atoms with Crippen molar-refractivity contribution in [2.45, 2.75) is 0 Å². The van der Waals surface area contributed by atoms with Crippen LogP contribution in [0.2, 0.25) is 0 Å². The maximum absolute atomic E-state index is 4.37. The summed E-state index contributed by atoms with van der Waals surface area (Å²) in [6.07, 6.45) is 1.62. The number of fused-ring (bicyclic) bond motifs is 1. The van der Waals surface area contributed by atoms with Crippen molar-refractivity contribution in [3.63, 3.8) is 0 Å². The first kappa shape index (κ1) is 14.7. The van der Waals surface area contributed by atoms with E-state index in [0.717, 1.165) is 60.5 Å². The topological polar surface area (TPSA) is 44.3 Å². The first-order valence-corrected chi connectivity index (χ1v) is 8.07. The lowest BCUT2D eigenvalue weighted by molar-refractivity contribution is 0.158. The van der Waals surface area contributed by atoms with Gasteiger partial charge in [-0.3, -0.25) is 4.90 Å². The van der Waals surface area contributed by atoms with Crippen LogP contribution in [0.1, 0.15) is 0 Å². The summed E-state index contributed by atoms with van der Waals surface area (Å²) in [6, 6.07) is 6.07. The van der Waals surface area contributed by atoms with Crippen molar-refractivity contribution in [3.05, 3.63) is 29.0 Å². The molecule has 0 unspecified atom stereocenters. The lowest BCUT2D eigenvalue weighted by Gasteiger charge is -2.32. The van der Waals surface area contributed by atoms with Crippen molar-refractivity contribution in [2.24, 2.45) is 0 Å². The van der Waals surface area contributed by atoms with Crippen molar-refractivity contribution < 1.29 is 0 Å². The number of nitrogens with one attached hydrogen (secondary N) is 1. The standard InChI is InChI=1S/C15H20BrN5/c1-20-6-8-21(9-7-20)5-4-17-15-13-10-12(16)2-3-14(13)18-11-19-15/h2-3,10-11H,4-9H2,1H3,(H,17,18,19). The molecule has 2 aromatic rings. The molecule has 0 spiro atoms. The molecular formula is C15H20BrN5. The lowest BCUT2D eigenvalue weighted by atomic mass is 10.2. The van der Waals surface area contributed by atoms with E-state index in [0.29, 0.717) is 0 Å². The lowest BCUT2D eigenvalue weighted by Crippen LogP contribution is -2.45.